The Kier molecular flexibility index (Phi) is 8.35. The molecule has 0 fully saturated rings. The van der Waals surface area contributed by atoms with Crippen molar-refractivity contribution in [2.24, 2.45) is 0 Å². The average Bonchev–Trinajstić information content (AvgIpc) is 2.77. The Bertz CT molecular complexity index is 886. The van der Waals surface area contributed by atoms with Gasteiger partial charge >= 0.3 is 0 Å². The molecule has 30 heavy (non-hydrogen) atoms. The average molecular weight is 405 g/mol. The molecule has 0 aliphatic carbocycles. The molecule has 1 N–H and O–H groups in total. The quantitative estimate of drug-likeness (QED) is 0.490. The van der Waals surface area contributed by atoms with E-state index in [-0.39, 0.29) is 5.91 Å². The van der Waals surface area contributed by atoms with Crippen molar-refractivity contribution in [3.63, 3.8) is 0 Å². The molecule has 0 saturated heterocycles. The van der Waals surface area contributed by atoms with Crippen LogP contribution in [0.25, 0.3) is 0 Å². The minimum atomic E-state index is -0.0794. The number of benzene rings is 1. The molecule has 6 nitrogen and oxygen atoms in total. The predicted octanol–water partition coefficient (Wildman–Crippen LogP) is 3.95. The minimum Gasteiger partial charge on any atom is -0.494 e. The lowest BCUT2D eigenvalue weighted by molar-refractivity contribution is -0.114. The molecular formula is C24H28N4O2. The summed E-state index contributed by atoms with van der Waals surface area (Å²) in [6.07, 6.45) is 9.29. The van der Waals surface area contributed by atoms with E-state index in [9.17, 15) is 4.79 Å². The van der Waals surface area contributed by atoms with Crippen LogP contribution >= 0.6 is 0 Å². The van der Waals surface area contributed by atoms with E-state index < -0.39 is 0 Å². The van der Waals surface area contributed by atoms with Crippen LogP contribution in [-0.2, 0) is 17.8 Å². The molecule has 1 aromatic carbocycles. The number of nitrogens with one attached hydrogen (secondary N) is 1. The zero-order chi connectivity index (χ0) is 21.0. The Morgan fingerprint density at radius 2 is 1.77 bits per heavy atom. The van der Waals surface area contributed by atoms with Gasteiger partial charge in [0.1, 0.15) is 5.75 Å². The standard InChI is InChI=1S/C24H28N4O2/c1-20(29)27-23-5-7-24(8-6-23)30-17-3-15-28(19-22-9-13-25-14-10-22)16-11-21-4-2-12-26-18-21/h2,4-10,12-14,18H,3,11,15-17,19H2,1H3,(H,27,29). The van der Waals surface area contributed by atoms with Gasteiger partial charge in [-0.3, -0.25) is 19.7 Å². The number of amides is 1. The first-order valence-electron chi connectivity index (χ1n) is 10.2. The van der Waals surface area contributed by atoms with Gasteiger partial charge in [-0.25, -0.2) is 0 Å². The van der Waals surface area contributed by atoms with Crippen LogP contribution in [0, 0.1) is 0 Å². The molecule has 2 heterocycles. The van der Waals surface area contributed by atoms with Crippen LogP contribution in [0.2, 0.25) is 0 Å². The van der Waals surface area contributed by atoms with Gasteiger partial charge in [0.15, 0.2) is 0 Å². The monoisotopic (exact) mass is 404 g/mol. The summed E-state index contributed by atoms with van der Waals surface area (Å²) in [4.78, 5) is 21.8. The number of anilines is 1. The summed E-state index contributed by atoms with van der Waals surface area (Å²) in [7, 11) is 0. The van der Waals surface area contributed by atoms with Crippen LogP contribution in [0.15, 0.2) is 73.3 Å². The second-order valence-electron chi connectivity index (χ2n) is 7.15. The normalized spacial score (nSPS) is 10.7. The van der Waals surface area contributed by atoms with E-state index in [4.69, 9.17) is 4.74 Å². The van der Waals surface area contributed by atoms with Gasteiger partial charge in [-0.05, 0) is 66.4 Å². The molecule has 3 rings (SSSR count). The first kappa shape index (κ1) is 21.5. The number of carbonyl (C=O) groups is 1. The summed E-state index contributed by atoms with van der Waals surface area (Å²) in [6, 6.07) is 15.7. The highest BCUT2D eigenvalue weighted by atomic mass is 16.5. The van der Waals surface area contributed by atoms with Crippen molar-refractivity contribution >= 4 is 11.6 Å². The van der Waals surface area contributed by atoms with Crippen LogP contribution in [0.3, 0.4) is 0 Å². The first-order valence-corrected chi connectivity index (χ1v) is 10.2. The largest absolute Gasteiger partial charge is 0.494 e. The van der Waals surface area contributed by atoms with Gasteiger partial charge in [-0.15, -0.1) is 0 Å². The second kappa shape index (κ2) is 11.7. The SMILES string of the molecule is CC(=O)Nc1ccc(OCCCN(CCc2cccnc2)Cc2ccncc2)cc1. The van der Waals surface area contributed by atoms with Gasteiger partial charge in [0, 0.05) is 57.0 Å². The fraction of sp³-hybridized carbons (Fsp3) is 0.292. The van der Waals surface area contributed by atoms with Gasteiger partial charge in [0.25, 0.3) is 0 Å². The number of carbonyl (C=O) groups excluding carboxylic acids is 1. The third kappa shape index (κ3) is 7.64. The van der Waals surface area contributed by atoms with E-state index in [2.05, 4.69) is 38.4 Å². The van der Waals surface area contributed by atoms with Crippen molar-refractivity contribution in [1.82, 2.24) is 14.9 Å². The molecule has 156 valence electrons. The molecule has 1 amide bonds. The fourth-order valence-corrected chi connectivity index (χ4v) is 3.17. The van der Waals surface area contributed by atoms with E-state index in [0.29, 0.717) is 6.61 Å². The maximum Gasteiger partial charge on any atom is 0.221 e. The molecule has 6 heteroatoms. The maximum atomic E-state index is 11.1. The number of aromatic nitrogens is 2. The van der Waals surface area contributed by atoms with Crippen molar-refractivity contribution in [2.75, 3.05) is 25.0 Å². The van der Waals surface area contributed by atoms with Crippen LogP contribution in [0.1, 0.15) is 24.5 Å². The second-order valence-corrected chi connectivity index (χ2v) is 7.15. The van der Waals surface area contributed by atoms with Crippen molar-refractivity contribution in [3.05, 3.63) is 84.4 Å². The summed E-state index contributed by atoms with van der Waals surface area (Å²) in [6.45, 7) is 4.91. The van der Waals surface area contributed by atoms with E-state index in [1.165, 1.54) is 18.1 Å². The number of hydrogen-bond acceptors (Lipinski definition) is 5. The summed E-state index contributed by atoms with van der Waals surface area (Å²) in [5.41, 5.74) is 3.27. The first-order chi connectivity index (χ1) is 14.7. The zero-order valence-electron chi connectivity index (χ0n) is 17.3. The third-order valence-electron chi connectivity index (χ3n) is 4.66. The molecule has 0 bridgehead atoms. The van der Waals surface area contributed by atoms with Gasteiger partial charge in [-0.2, -0.15) is 0 Å². The fourth-order valence-electron chi connectivity index (χ4n) is 3.17. The lowest BCUT2D eigenvalue weighted by Gasteiger charge is -2.22. The van der Waals surface area contributed by atoms with Crippen LogP contribution in [0.5, 0.6) is 5.75 Å². The Morgan fingerprint density at radius 3 is 2.47 bits per heavy atom. The molecule has 2 aromatic heterocycles. The Balaban J connectivity index is 1.47. The third-order valence-corrected chi connectivity index (χ3v) is 4.66. The highest BCUT2D eigenvalue weighted by Gasteiger charge is 2.07. The molecule has 0 spiro atoms. The van der Waals surface area contributed by atoms with Crippen molar-refractivity contribution in [2.45, 2.75) is 26.3 Å². The Labute approximate surface area is 177 Å². The number of rotatable bonds is 11. The van der Waals surface area contributed by atoms with Gasteiger partial charge in [0.05, 0.1) is 6.61 Å². The molecule has 0 atom stereocenters. The minimum absolute atomic E-state index is 0.0794. The topological polar surface area (TPSA) is 67.3 Å². The van der Waals surface area contributed by atoms with E-state index in [1.54, 1.807) is 6.20 Å². The summed E-state index contributed by atoms with van der Waals surface area (Å²) >= 11 is 0. The summed E-state index contributed by atoms with van der Waals surface area (Å²) < 4.78 is 5.87. The Hall–Kier alpha value is -3.25. The summed E-state index contributed by atoms with van der Waals surface area (Å²) in [5, 5.41) is 2.75. The van der Waals surface area contributed by atoms with E-state index >= 15 is 0 Å². The molecular weight excluding hydrogens is 376 g/mol. The van der Waals surface area contributed by atoms with Crippen LogP contribution < -0.4 is 10.1 Å². The molecule has 0 unspecified atom stereocenters. The van der Waals surface area contributed by atoms with Crippen LogP contribution in [-0.4, -0.2) is 40.5 Å². The van der Waals surface area contributed by atoms with Gasteiger partial charge in [0.2, 0.25) is 5.91 Å². The number of hydrogen-bond donors (Lipinski definition) is 1. The zero-order valence-corrected chi connectivity index (χ0v) is 17.3. The lowest BCUT2D eigenvalue weighted by Crippen LogP contribution is -2.28. The van der Waals surface area contributed by atoms with Gasteiger partial charge in [-0.1, -0.05) is 6.07 Å². The highest BCUT2D eigenvalue weighted by molar-refractivity contribution is 5.88. The molecule has 0 aliphatic rings. The van der Waals surface area contributed by atoms with Crippen molar-refractivity contribution in [3.8, 4) is 5.75 Å². The molecule has 0 aliphatic heterocycles. The van der Waals surface area contributed by atoms with Crippen molar-refractivity contribution in [1.29, 1.82) is 0 Å². The number of pyridine rings is 2. The number of ether oxygens (including phenoxy) is 1. The van der Waals surface area contributed by atoms with Gasteiger partial charge < -0.3 is 10.1 Å². The highest BCUT2D eigenvalue weighted by Crippen LogP contribution is 2.16. The maximum absolute atomic E-state index is 11.1. The van der Waals surface area contributed by atoms with Crippen LogP contribution in [0.4, 0.5) is 5.69 Å². The predicted molar refractivity (Wildman–Crippen MR) is 118 cm³/mol. The number of nitrogens with zero attached hydrogens (tertiary/aromatic N) is 3. The lowest BCUT2D eigenvalue weighted by atomic mass is 10.2. The smallest absolute Gasteiger partial charge is 0.221 e. The summed E-state index contributed by atoms with van der Waals surface area (Å²) in [5.74, 6) is 0.726. The Morgan fingerprint density at radius 1 is 0.967 bits per heavy atom. The molecule has 0 saturated carbocycles. The van der Waals surface area contributed by atoms with E-state index in [0.717, 1.165) is 43.9 Å². The van der Waals surface area contributed by atoms with Crippen molar-refractivity contribution < 1.29 is 9.53 Å². The molecule has 0 radical (unpaired) electrons. The molecule has 3 aromatic rings. The van der Waals surface area contributed by atoms with E-state index in [1.807, 2.05) is 48.9 Å².